The molecule has 0 aliphatic carbocycles. The molecule has 1 heterocycles. The molecule has 164 valence electrons. The van der Waals surface area contributed by atoms with Crippen molar-refractivity contribution in [3.8, 4) is 5.75 Å². The molecule has 3 atom stereocenters. The number of hydrogen-bond donors (Lipinski definition) is 6. The molecule has 1 aromatic rings. The number of nitrogen functional groups attached to an aromatic ring is 1. The van der Waals surface area contributed by atoms with Gasteiger partial charge in [-0.1, -0.05) is 18.2 Å². The van der Waals surface area contributed by atoms with E-state index in [9.17, 15) is 24.9 Å². The van der Waals surface area contributed by atoms with Crippen LogP contribution in [0.15, 0.2) is 30.4 Å². The quantitative estimate of drug-likeness (QED) is 0.270. The zero-order chi connectivity index (χ0) is 22.8. The molecule has 2 rings (SSSR count). The number of ether oxygens (including phenoxy) is 1. The Kier molecular flexibility index (Phi) is 9.69. The highest BCUT2D eigenvalue weighted by Crippen LogP contribution is 2.28. The monoisotopic (exact) mass is 423 g/mol. The molecule has 1 aliphatic rings. The summed E-state index contributed by atoms with van der Waals surface area (Å²) >= 11 is 0. The van der Waals surface area contributed by atoms with Crippen molar-refractivity contribution in [3.05, 3.63) is 41.5 Å². The number of anilines is 1. The topological polar surface area (TPSA) is 188 Å². The summed E-state index contributed by atoms with van der Waals surface area (Å²) in [5.74, 6) is -2.85. The summed E-state index contributed by atoms with van der Waals surface area (Å²) in [6.45, 7) is 0.855. The van der Waals surface area contributed by atoms with Gasteiger partial charge in [-0.3, -0.25) is 4.79 Å². The zero-order valence-corrected chi connectivity index (χ0v) is 16.3. The number of nitrogens with two attached hydrogens (primary N) is 1. The predicted octanol–water partition coefficient (Wildman–Crippen LogP) is 0.237. The van der Waals surface area contributed by atoms with Gasteiger partial charge in [-0.15, -0.1) is 0 Å². The smallest absolute Gasteiger partial charge is 0.342 e. The molecule has 0 aromatic heterocycles. The standard InChI is InChI=1S/C18H21NO6.C2H4O3/c1-10-4-2-6-13(20)17(23)14(21)7-3-5-11-8-12(19)9-15(22)16(11)18(24)25-10;3-1-2(4)5/h2-3,5-6,8-10,14,17,21-23H,4,7,19H2,1H3;3H,1H2,(H,4,5)/b5-3+,6-2-;. The van der Waals surface area contributed by atoms with Crippen LogP contribution in [0.1, 0.15) is 35.7 Å². The molecule has 0 fully saturated rings. The number of aromatic hydroxyl groups is 1. The summed E-state index contributed by atoms with van der Waals surface area (Å²) in [6.07, 6.45) is 2.37. The number of aliphatic carboxylic acids is 1. The minimum Gasteiger partial charge on any atom is -0.507 e. The lowest BCUT2D eigenvalue weighted by molar-refractivity contribution is -0.140. The van der Waals surface area contributed by atoms with Crippen LogP contribution in [0.2, 0.25) is 0 Å². The molecule has 30 heavy (non-hydrogen) atoms. The number of phenols is 1. The number of cyclic esters (lactones) is 1. The summed E-state index contributed by atoms with van der Waals surface area (Å²) in [6, 6.07) is 2.73. The molecule has 1 aliphatic heterocycles. The maximum absolute atomic E-state index is 12.4. The van der Waals surface area contributed by atoms with Gasteiger partial charge in [0.2, 0.25) is 0 Å². The molecule has 0 spiro atoms. The third-order valence-corrected chi connectivity index (χ3v) is 3.90. The van der Waals surface area contributed by atoms with Crippen molar-refractivity contribution in [1.29, 1.82) is 0 Å². The van der Waals surface area contributed by atoms with Crippen LogP contribution in [-0.2, 0) is 14.3 Å². The summed E-state index contributed by atoms with van der Waals surface area (Å²) in [5.41, 5.74) is 6.22. The summed E-state index contributed by atoms with van der Waals surface area (Å²) in [5, 5.41) is 44.8. The lowest BCUT2D eigenvalue weighted by Gasteiger charge is -2.16. The molecule has 1 aromatic carbocycles. The van der Waals surface area contributed by atoms with E-state index in [2.05, 4.69) is 0 Å². The first-order chi connectivity index (χ1) is 14.1. The van der Waals surface area contributed by atoms with E-state index in [0.717, 1.165) is 6.08 Å². The zero-order valence-electron chi connectivity index (χ0n) is 16.3. The van der Waals surface area contributed by atoms with Crippen LogP contribution < -0.4 is 5.73 Å². The Morgan fingerprint density at radius 2 is 1.77 bits per heavy atom. The fourth-order valence-corrected chi connectivity index (χ4v) is 2.44. The minimum atomic E-state index is -1.55. The molecule has 0 radical (unpaired) electrons. The third kappa shape index (κ3) is 7.66. The van der Waals surface area contributed by atoms with Crippen molar-refractivity contribution in [2.45, 2.75) is 38.1 Å². The van der Waals surface area contributed by atoms with Gasteiger partial charge in [-0.25, -0.2) is 9.59 Å². The number of aliphatic hydroxyl groups excluding tert-OH is 3. The SMILES string of the molecule is CC1C/C=C\C(=O)C(O)C(O)C/C=C/c2cc(N)cc(O)c2C(=O)O1.O=C(O)CO. The van der Waals surface area contributed by atoms with Gasteiger partial charge in [0.15, 0.2) is 5.78 Å². The minimum absolute atomic E-state index is 0.0266. The maximum Gasteiger partial charge on any atom is 0.342 e. The van der Waals surface area contributed by atoms with E-state index in [1.54, 1.807) is 6.92 Å². The van der Waals surface area contributed by atoms with Gasteiger partial charge in [0.25, 0.3) is 0 Å². The maximum atomic E-state index is 12.4. The van der Waals surface area contributed by atoms with Gasteiger partial charge < -0.3 is 36.0 Å². The van der Waals surface area contributed by atoms with Crippen molar-refractivity contribution in [3.63, 3.8) is 0 Å². The number of benzene rings is 1. The predicted molar refractivity (Wildman–Crippen MR) is 107 cm³/mol. The number of ketones is 1. The Morgan fingerprint density at radius 3 is 2.37 bits per heavy atom. The first-order valence-corrected chi connectivity index (χ1v) is 8.96. The summed E-state index contributed by atoms with van der Waals surface area (Å²) in [7, 11) is 0. The number of hydrogen-bond acceptors (Lipinski definition) is 9. The molecular weight excluding hydrogens is 398 g/mol. The van der Waals surface area contributed by atoms with E-state index in [-0.39, 0.29) is 29.8 Å². The van der Waals surface area contributed by atoms with Crippen LogP contribution in [0, 0.1) is 0 Å². The van der Waals surface area contributed by atoms with Crippen molar-refractivity contribution in [2.75, 3.05) is 12.3 Å². The molecule has 10 nitrogen and oxygen atoms in total. The average molecular weight is 423 g/mol. The number of fused-ring (bicyclic) bond motifs is 1. The number of esters is 1. The average Bonchev–Trinajstić information content (AvgIpc) is 2.66. The van der Waals surface area contributed by atoms with Crippen molar-refractivity contribution in [2.24, 2.45) is 0 Å². The van der Waals surface area contributed by atoms with E-state index in [4.69, 9.17) is 25.5 Å². The van der Waals surface area contributed by atoms with Gasteiger partial charge in [-0.2, -0.15) is 0 Å². The van der Waals surface area contributed by atoms with Gasteiger partial charge in [-0.05, 0) is 31.1 Å². The molecule has 0 amide bonds. The highest BCUT2D eigenvalue weighted by Gasteiger charge is 2.23. The Labute approximate surface area is 172 Å². The molecule has 0 saturated heterocycles. The van der Waals surface area contributed by atoms with Crippen molar-refractivity contribution in [1.82, 2.24) is 0 Å². The number of carbonyl (C=O) groups excluding carboxylic acids is 2. The fraction of sp³-hybridized carbons (Fsp3) is 0.350. The van der Waals surface area contributed by atoms with Gasteiger partial charge in [0.05, 0.1) is 6.10 Å². The van der Waals surface area contributed by atoms with E-state index in [0.29, 0.717) is 5.56 Å². The first kappa shape index (κ1) is 24.8. The second kappa shape index (κ2) is 11.7. The number of carboxylic acid groups (broad SMARTS) is 1. The lowest BCUT2D eigenvalue weighted by Crippen LogP contribution is -2.32. The second-order valence-electron chi connectivity index (χ2n) is 6.46. The Hall–Kier alpha value is -3.21. The first-order valence-electron chi connectivity index (χ1n) is 8.96. The normalized spacial score (nSPS) is 24.3. The molecular formula is C20H25NO9. The number of carbonyl (C=O) groups is 3. The molecule has 0 saturated carbocycles. The fourth-order valence-electron chi connectivity index (χ4n) is 2.44. The number of carboxylic acids is 1. The Morgan fingerprint density at radius 1 is 1.17 bits per heavy atom. The number of phenolic OH excluding ortho intramolecular Hbond substituents is 1. The highest BCUT2D eigenvalue weighted by atomic mass is 16.5. The number of rotatable bonds is 1. The van der Waals surface area contributed by atoms with Crippen molar-refractivity contribution >= 4 is 29.5 Å². The van der Waals surface area contributed by atoms with E-state index < -0.39 is 42.6 Å². The van der Waals surface area contributed by atoms with E-state index in [1.807, 2.05) is 0 Å². The molecule has 7 N–H and O–H groups in total. The highest BCUT2D eigenvalue weighted by molar-refractivity contribution is 5.97. The lowest BCUT2D eigenvalue weighted by atomic mass is 10.0. The van der Waals surface area contributed by atoms with Crippen LogP contribution >= 0.6 is 0 Å². The molecule has 0 bridgehead atoms. The summed E-state index contributed by atoms with van der Waals surface area (Å²) in [4.78, 5) is 33.3. The van der Waals surface area contributed by atoms with Crippen molar-refractivity contribution < 1.29 is 44.7 Å². The van der Waals surface area contributed by atoms with E-state index >= 15 is 0 Å². The van der Waals surface area contributed by atoms with Crippen LogP contribution in [0.5, 0.6) is 5.75 Å². The van der Waals surface area contributed by atoms with Crippen LogP contribution in [-0.4, -0.2) is 68.2 Å². The van der Waals surface area contributed by atoms with Crippen LogP contribution in [0.4, 0.5) is 5.69 Å². The third-order valence-electron chi connectivity index (χ3n) is 3.90. The van der Waals surface area contributed by atoms with Gasteiger partial charge in [0, 0.05) is 18.2 Å². The van der Waals surface area contributed by atoms with Gasteiger partial charge >= 0.3 is 11.9 Å². The van der Waals surface area contributed by atoms with Gasteiger partial charge in [0.1, 0.15) is 30.1 Å². The molecule has 3 unspecified atom stereocenters. The number of aliphatic hydroxyl groups is 3. The van der Waals surface area contributed by atoms with E-state index in [1.165, 1.54) is 30.4 Å². The molecule has 10 heteroatoms. The Balaban J connectivity index is 0.000000804. The Bertz CT molecular complexity index is 832. The van der Waals surface area contributed by atoms with Crippen LogP contribution in [0.25, 0.3) is 6.08 Å². The largest absolute Gasteiger partial charge is 0.507 e. The summed E-state index contributed by atoms with van der Waals surface area (Å²) < 4.78 is 5.28. The van der Waals surface area contributed by atoms with Crippen LogP contribution in [0.3, 0.4) is 0 Å². The second-order valence-corrected chi connectivity index (χ2v) is 6.46.